The van der Waals surface area contributed by atoms with Crippen LogP contribution in [0, 0.1) is 0 Å². The van der Waals surface area contributed by atoms with Crippen molar-refractivity contribution >= 4 is 17.2 Å². The molecule has 4 nitrogen and oxygen atoms in total. The molecule has 5 heteroatoms. The standard InChI is InChI=1S/C17H21NO3S/c1-12(10-15-8-5-9-22-15)18(2)17(20)16(19)13-6-4-7-14(11-13)21-3/h4-9,11-12,16,19H,10H2,1-3H3/t12-,16+/m1/s1. The lowest BCUT2D eigenvalue weighted by Gasteiger charge is -2.27. The van der Waals surface area contributed by atoms with Crippen molar-refractivity contribution in [3.63, 3.8) is 0 Å². The van der Waals surface area contributed by atoms with Crippen molar-refractivity contribution < 1.29 is 14.6 Å². The molecule has 0 unspecified atom stereocenters. The number of methoxy groups -OCH3 is 1. The fourth-order valence-corrected chi connectivity index (χ4v) is 3.05. The van der Waals surface area contributed by atoms with Gasteiger partial charge >= 0.3 is 0 Å². The van der Waals surface area contributed by atoms with Gasteiger partial charge in [0.2, 0.25) is 0 Å². The minimum atomic E-state index is -1.18. The highest BCUT2D eigenvalue weighted by Crippen LogP contribution is 2.22. The molecule has 2 atom stereocenters. The Balaban J connectivity index is 2.05. The third kappa shape index (κ3) is 3.87. The first-order valence-electron chi connectivity index (χ1n) is 7.14. The van der Waals surface area contributed by atoms with Crippen molar-refractivity contribution in [3.05, 3.63) is 52.2 Å². The molecule has 0 saturated heterocycles. The van der Waals surface area contributed by atoms with E-state index in [1.807, 2.05) is 18.4 Å². The molecule has 2 rings (SSSR count). The number of nitrogens with zero attached hydrogens (tertiary/aromatic N) is 1. The number of amides is 1. The molecule has 2 aromatic rings. The van der Waals surface area contributed by atoms with Crippen LogP contribution < -0.4 is 4.74 Å². The number of rotatable bonds is 6. The van der Waals surface area contributed by atoms with Crippen molar-refractivity contribution in [2.45, 2.75) is 25.5 Å². The van der Waals surface area contributed by atoms with E-state index in [0.717, 1.165) is 6.42 Å². The maximum Gasteiger partial charge on any atom is 0.256 e. The average molecular weight is 319 g/mol. The summed E-state index contributed by atoms with van der Waals surface area (Å²) in [5.41, 5.74) is 0.541. The van der Waals surface area contributed by atoms with Crippen LogP contribution in [0.3, 0.4) is 0 Å². The zero-order valence-electron chi connectivity index (χ0n) is 13.0. The van der Waals surface area contributed by atoms with Gasteiger partial charge < -0.3 is 14.7 Å². The third-order valence-corrected chi connectivity index (χ3v) is 4.63. The summed E-state index contributed by atoms with van der Waals surface area (Å²) in [6.45, 7) is 1.98. The fraction of sp³-hybridized carbons (Fsp3) is 0.353. The van der Waals surface area contributed by atoms with E-state index in [-0.39, 0.29) is 11.9 Å². The smallest absolute Gasteiger partial charge is 0.256 e. The molecular weight excluding hydrogens is 298 g/mol. The number of carbonyl (C=O) groups is 1. The summed E-state index contributed by atoms with van der Waals surface area (Å²) in [5.74, 6) is 0.316. The Morgan fingerprint density at radius 1 is 1.36 bits per heavy atom. The number of benzene rings is 1. The molecule has 0 aliphatic heterocycles. The van der Waals surface area contributed by atoms with E-state index in [1.165, 1.54) is 4.88 Å². The second-order valence-electron chi connectivity index (χ2n) is 5.26. The molecule has 0 bridgehead atoms. The predicted molar refractivity (Wildman–Crippen MR) is 88.2 cm³/mol. The van der Waals surface area contributed by atoms with Gasteiger partial charge in [-0.3, -0.25) is 4.79 Å². The van der Waals surface area contributed by atoms with Gasteiger partial charge in [-0.1, -0.05) is 18.2 Å². The highest BCUT2D eigenvalue weighted by molar-refractivity contribution is 7.09. The predicted octanol–water partition coefficient (Wildman–Crippen LogP) is 2.88. The first-order valence-corrected chi connectivity index (χ1v) is 8.02. The van der Waals surface area contributed by atoms with Gasteiger partial charge in [0.25, 0.3) is 5.91 Å². The van der Waals surface area contributed by atoms with E-state index < -0.39 is 6.10 Å². The number of ether oxygens (including phenoxy) is 1. The number of aliphatic hydroxyl groups excluding tert-OH is 1. The van der Waals surface area contributed by atoms with Crippen LogP contribution in [0.25, 0.3) is 0 Å². The largest absolute Gasteiger partial charge is 0.497 e. The molecule has 0 radical (unpaired) electrons. The normalized spacial score (nSPS) is 13.5. The van der Waals surface area contributed by atoms with Crippen molar-refractivity contribution in [3.8, 4) is 5.75 Å². The van der Waals surface area contributed by atoms with Crippen molar-refractivity contribution in [1.82, 2.24) is 4.90 Å². The zero-order chi connectivity index (χ0) is 16.1. The van der Waals surface area contributed by atoms with Gasteiger partial charge in [-0.05, 0) is 36.1 Å². The number of carbonyl (C=O) groups excluding carboxylic acids is 1. The molecule has 0 aliphatic carbocycles. The first kappa shape index (κ1) is 16.5. The van der Waals surface area contributed by atoms with E-state index in [1.54, 1.807) is 54.7 Å². The molecule has 118 valence electrons. The van der Waals surface area contributed by atoms with Gasteiger partial charge in [0.15, 0.2) is 6.10 Å². The summed E-state index contributed by atoms with van der Waals surface area (Å²) >= 11 is 1.67. The quantitative estimate of drug-likeness (QED) is 0.891. The lowest BCUT2D eigenvalue weighted by atomic mass is 10.1. The molecule has 1 amide bonds. The van der Waals surface area contributed by atoms with Crippen LogP contribution in [0.1, 0.15) is 23.5 Å². The molecule has 1 aromatic carbocycles. The molecule has 0 fully saturated rings. The molecule has 0 aliphatic rings. The summed E-state index contributed by atoms with van der Waals surface area (Å²) < 4.78 is 5.13. The Bertz CT molecular complexity index is 612. The highest BCUT2D eigenvalue weighted by atomic mass is 32.1. The Morgan fingerprint density at radius 2 is 2.14 bits per heavy atom. The molecule has 1 aromatic heterocycles. The number of likely N-dealkylation sites (N-methyl/N-ethyl adjacent to an activating group) is 1. The third-order valence-electron chi connectivity index (χ3n) is 3.73. The van der Waals surface area contributed by atoms with Crippen LogP contribution in [0.5, 0.6) is 5.75 Å². The minimum absolute atomic E-state index is 0.0198. The van der Waals surface area contributed by atoms with E-state index in [9.17, 15) is 9.90 Å². The molecule has 0 spiro atoms. The Hall–Kier alpha value is -1.85. The van der Waals surface area contributed by atoms with Crippen molar-refractivity contribution in [2.75, 3.05) is 14.2 Å². The topological polar surface area (TPSA) is 49.8 Å². The van der Waals surface area contributed by atoms with E-state index in [4.69, 9.17) is 4.74 Å². The van der Waals surface area contributed by atoms with E-state index in [2.05, 4.69) is 6.07 Å². The van der Waals surface area contributed by atoms with E-state index in [0.29, 0.717) is 11.3 Å². The maximum absolute atomic E-state index is 12.5. The summed E-state index contributed by atoms with van der Waals surface area (Å²) in [7, 11) is 3.28. The number of hydrogen-bond acceptors (Lipinski definition) is 4. The Kier molecular flexibility index (Phi) is 5.57. The maximum atomic E-state index is 12.5. The summed E-state index contributed by atoms with van der Waals surface area (Å²) in [4.78, 5) is 15.3. The van der Waals surface area contributed by atoms with Crippen LogP contribution in [0.2, 0.25) is 0 Å². The summed E-state index contributed by atoms with van der Waals surface area (Å²) in [5, 5.41) is 12.3. The number of thiophene rings is 1. The molecule has 1 heterocycles. The van der Waals surface area contributed by atoms with Crippen molar-refractivity contribution in [2.24, 2.45) is 0 Å². The molecule has 0 saturated carbocycles. The van der Waals surface area contributed by atoms with Gasteiger partial charge in [0.05, 0.1) is 7.11 Å². The SMILES string of the molecule is COc1cccc([C@H](O)C(=O)N(C)[C@H](C)Cc2cccs2)c1. The lowest BCUT2D eigenvalue weighted by Crippen LogP contribution is -2.39. The van der Waals surface area contributed by atoms with Crippen LogP contribution in [0.4, 0.5) is 0 Å². The molecule has 1 N–H and O–H groups in total. The summed E-state index contributed by atoms with van der Waals surface area (Å²) in [6.07, 6.45) is -0.393. The van der Waals surface area contributed by atoms with Crippen molar-refractivity contribution in [1.29, 1.82) is 0 Å². The van der Waals surface area contributed by atoms with Gasteiger partial charge in [0.1, 0.15) is 5.75 Å². The number of aliphatic hydroxyl groups is 1. The second kappa shape index (κ2) is 7.42. The lowest BCUT2D eigenvalue weighted by molar-refractivity contribution is -0.141. The second-order valence-corrected chi connectivity index (χ2v) is 6.29. The highest BCUT2D eigenvalue weighted by Gasteiger charge is 2.25. The van der Waals surface area contributed by atoms with Gasteiger partial charge in [-0.2, -0.15) is 0 Å². The molecule has 22 heavy (non-hydrogen) atoms. The first-order chi connectivity index (χ1) is 10.5. The van der Waals surface area contributed by atoms with Crippen LogP contribution in [-0.4, -0.2) is 36.1 Å². The summed E-state index contributed by atoms with van der Waals surface area (Å²) in [6, 6.07) is 11.0. The van der Waals surface area contributed by atoms with Crippen LogP contribution in [0.15, 0.2) is 41.8 Å². The van der Waals surface area contributed by atoms with E-state index >= 15 is 0 Å². The average Bonchev–Trinajstić information content (AvgIpc) is 3.05. The monoisotopic (exact) mass is 319 g/mol. The number of hydrogen-bond donors (Lipinski definition) is 1. The minimum Gasteiger partial charge on any atom is -0.497 e. The van der Waals surface area contributed by atoms with Crippen LogP contribution in [-0.2, 0) is 11.2 Å². The molecular formula is C17H21NO3S. The Labute approximate surface area is 135 Å². The van der Waals surface area contributed by atoms with Gasteiger partial charge in [-0.25, -0.2) is 0 Å². The van der Waals surface area contributed by atoms with Gasteiger partial charge in [-0.15, -0.1) is 11.3 Å². The van der Waals surface area contributed by atoms with Gasteiger partial charge in [0, 0.05) is 24.4 Å². The fourth-order valence-electron chi connectivity index (χ4n) is 2.22. The zero-order valence-corrected chi connectivity index (χ0v) is 13.8. The van der Waals surface area contributed by atoms with Crippen LogP contribution >= 0.6 is 11.3 Å². The Morgan fingerprint density at radius 3 is 2.77 bits per heavy atom.